The van der Waals surface area contributed by atoms with Crippen molar-refractivity contribution in [2.24, 2.45) is 0 Å². The van der Waals surface area contributed by atoms with Crippen LogP contribution in [0, 0.1) is 0 Å². The predicted octanol–water partition coefficient (Wildman–Crippen LogP) is 1.98. The first-order chi connectivity index (χ1) is 15.6. The number of ketones is 2. The summed E-state index contributed by atoms with van der Waals surface area (Å²) < 4.78 is 16.1. The zero-order valence-electron chi connectivity index (χ0n) is 18.1. The van der Waals surface area contributed by atoms with Crippen LogP contribution in [0.15, 0.2) is 18.2 Å². The molecule has 0 aromatic heterocycles. The molecule has 0 saturated heterocycles. The molecule has 4 N–H and O–H groups in total. The number of methoxy groups -OCH3 is 3. The summed E-state index contributed by atoms with van der Waals surface area (Å²) in [6.45, 7) is 0. The molecule has 0 bridgehead atoms. The number of aliphatic hydroxyl groups is 2. The van der Waals surface area contributed by atoms with Gasteiger partial charge in [-0.1, -0.05) is 28.1 Å². The molecule has 0 unspecified atom stereocenters. The van der Waals surface area contributed by atoms with Crippen molar-refractivity contribution in [1.29, 1.82) is 0 Å². The van der Waals surface area contributed by atoms with E-state index < -0.39 is 51.7 Å². The maximum Gasteiger partial charge on any atom is 0.207 e. The van der Waals surface area contributed by atoms with Crippen LogP contribution in [-0.4, -0.2) is 70.0 Å². The zero-order chi connectivity index (χ0) is 24.3. The molecule has 0 fully saturated rings. The molecule has 4 rings (SSSR count). The topological polar surface area (TPSA) is 143 Å². The predicted molar refractivity (Wildman–Crippen MR) is 118 cm³/mol. The minimum Gasteiger partial charge on any atom is -0.507 e. The van der Waals surface area contributed by atoms with Crippen molar-refractivity contribution < 1.29 is 44.2 Å². The van der Waals surface area contributed by atoms with Gasteiger partial charge in [-0.15, -0.1) is 0 Å². The lowest BCUT2D eigenvalue weighted by Gasteiger charge is -2.48. The quantitative estimate of drug-likeness (QED) is 0.224. The van der Waals surface area contributed by atoms with Gasteiger partial charge < -0.3 is 34.6 Å². The van der Waals surface area contributed by atoms with Crippen molar-refractivity contribution in [3.05, 3.63) is 51.6 Å². The minimum atomic E-state index is -1.85. The average Bonchev–Trinajstić information content (AvgIpc) is 2.80. The Hall–Kier alpha value is -2.50. The van der Waals surface area contributed by atoms with Crippen LogP contribution < -0.4 is 4.74 Å². The number of hydrogen-bond donors (Lipinski definition) is 4. The average molecular weight is 523 g/mol. The van der Waals surface area contributed by atoms with Crippen molar-refractivity contribution in [2.75, 3.05) is 26.7 Å². The molecule has 10 heteroatoms. The largest absolute Gasteiger partial charge is 0.507 e. The summed E-state index contributed by atoms with van der Waals surface area (Å²) in [6.07, 6.45) is -2.16. The van der Waals surface area contributed by atoms with E-state index in [1.165, 1.54) is 39.5 Å². The van der Waals surface area contributed by atoms with E-state index in [0.717, 1.165) is 0 Å². The number of ether oxygens (including phenoxy) is 3. The van der Waals surface area contributed by atoms with Crippen LogP contribution in [0.5, 0.6) is 17.2 Å². The molecule has 2 aromatic rings. The van der Waals surface area contributed by atoms with Gasteiger partial charge in [0.1, 0.15) is 22.8 Å². The van der Waals surface area contributed by atoms with E-state index in [-0.39, 0.29) is 46.2 Å². The molecule has 0 aliphatic heterocycles. The highest BCUT2D eigenvalue weighted by molar-refractivity contribution is 9.09. The number of carbonyl (C=O) groups excluding carboxylic acids is 2. The SMILES string of the molecule is COc1cccc2c1C(=O)c1c(O)c3c(c(O)c1C2=O)C[C@@](O)(C(CBr)(OC)OC)C[C@@H]3O. The van der Waals surface area contributed by atoms with E-state index in [1.807, 2.05) is 0 Å². The number of benzene rings is 2. The molecule has 2 aromatic carbocycles. The number of alkyl halides is 1. The van der Waals surface area contributed by atoms with E-state index in [1.54, 1.807) is 0 Å². The molecule has 176 valence electrons. The fraction of sp³-hybridized carbons (Fsp3) is 0.391. The van der Waals surface area contributed by atoms with Gasteiger partial charge in [-0.05, 0) is 6.07 Å². The molecule has 0 saturated carbocycles. The lowest BCUT2D eigenvalue weighted by Crippen LogP contribution is -2.61. The van der Waals surface area contributed by atoms with E-state index >= 15 is 0 Å². The molecule has 33 heavy (non-hydrogen) atoms. The number of halogens is 1. The Labute approximate surface area is 197 Å². The van der Waals surface area contributed by atoms with E-state index in [4.69, 9.17) is 14.2 Å². The van der Waals surface area contributed by atoms with Gasteiger partial charge in [-0.2, -0.15) is 0 Å². The lowest BCUT2D eigenvalue weighted by atomic mass is 9.70. The number of aliphatic hydroxyl groups excluding tert-OH is 1. The number of phenolic OH excluding ortho intramolecular Hbond substituents is 2. The summed E-state index contributed by atoms with van der Waals surface area (Å²) >= 11 is 3.25. The normalized spacial score (nSPS) is 21.9. The van der Waals surface area contributed by atoms with Gasteiger partial charge in [0, 0.05) is 43.8 Å². The first-order valence-corrected chi connectivity index (χ1v) is 11.2. The van der Waals surface area contributed by atoms with Crippen LogP contribution in [0.4, 0.5) is 0 Å². The molecule has 2 aliphatic carbocycles. The Kier molecular flexibility index (Phi) is 5.78. The maximum atomic E-state index is 13.3. The fourth-order valence-electron chi connectivity index (χ4n) is 4.93. The summed E-state index contributed by atoms with van der Waals surface area (Å²) in [6, 6.07) is 4.47. The van der Waals surface area contributed by atoms with Crippen molar-refractivity contribution >= 4 is 27.5 Å². The highest BCUT2D eigenvalue weighted by Crippen LogP contribution is 2.53. The Morgan fingerprint density at radius 1 is 1.06 bits per heavy atom. The third-order valence-corrected chi connectivity index (χ3v) is 7.38. The number of fused-ring (bicyclic) bond motifs is 3. The minimum absolute atomic E-state index is 0.0108. The van der Waals surface area contributed by atoms with Crippen LogP contribution >= 0.6 is 15.9 Å². The number of aromatic hydroxyl groups is 2. The molecule has 0 radical (unpaired) electrons. The van der Waals surface area contributed by atoms with Gasteiger partial charge >= 0.3 is 0 Å². The van der Waals surface area contributed by atoms with Gasteiger partial charge in [0.25, 0.3) is 0 Å². The van der Waals surface area contributed by atoms with Crippen molar-refractivity contribution in [3.8, 4) is 17.2 Å². The van der Waals surface area contributed by atoms with Gasteiger partial charge in [0.2, 0.25) is 11.6 Å². The second-order valence-electron chi connectivity index (χ2n) is 8.10. The van der Waals surface area contributed by atoms with E-state index in [2.05, 4.69) is 15.9 Å². The summed E-state index contributed by atoms with van der Waals surface area (Å²) in [5.41, 5.74) is -2.89. The molecule has 9 nitrogen and oxygen atoms in total. The molecule has 0 spiro atoms. The summed E-state index contributed by atoms with van der Waals surface area (Å²) in [7, 11) is 3.99. The Morgan fingerprint density at radius 2 is 1.70 bits per heavy atom. The summed E-state index contributed by atoms with van der Waals surface area (Å²) in [4.78, 5) is 26.7. The van der Waals surface area contributed by atoms with Crippen LogP contribution in [0.25, 0.3) is 0 Å². The summed E-state index contributed by atoms with van der Waals surface area (Å²) in [5.74, 6) is -4.10. The van der Waals surface area contributed by atoms with E-state index in [0.29, 0.717) is 0 Å². The molecular formula is C23H23BrO9. The van der Waals surface area contributed by atoms with E-state index in [9.17, 15) is 30.0 Å². The molecular weight excluding hydrogens is 500 g/mol. The van der Waals surface area contributed by atoms with Crippen molar-refractivity contribution in [2.45, 2.75) is 30.3 Å². The van der Waals surface area contributed by atoms with Gasteiger partial charge in [0.15, 0.2) is 5.78 Å². The molecule has 0 heterocycles. The number of carbonyl (C=O) groups is 2. The van der Waals surface area contributed by atoms with Crippen LogP contribution in [0.3, 0.4) is 0 Å². The maximum absolute atomic E-state index is 13.3. The highest BCUT2D eigenvalue weighted by atomic mass is 79.9. The Balaban J connectivity index is 1.98. The van der Waals surface area contributed by atoms with Gasteiger partial charge in [-0.25, -0.2) is 0 Å². The molecule has 2 aliphatic rings. The van der Waals surface area contributed by atoms with Crippen LogP contribution in [-0.2, 0) is 15.9 Å². The zero-order valence-corrected chi connectivity index (χ0v) is 19.7. The number of rotatable bonds is 5. The van der Waals surface area contributed by atoms with Crippen molar-refractivity contribution in [1.82, 2.24) is 0 Å². The van der Waals surface area contributed by atoms with Crippen molar-refractivity contribution in [3.63, 3.8) is 0 Å². The standard InChI is InChI=1S/C23H23BrO9/c1-31-13-6-4-5-10-15(13)21(29)17-16(18(10)26)19(27)11-7-22(30,23(9-24,32-2)33-3)8-12(25)14(11)20(17)28/h4-6,12,25,27-28,30H,7-9H2,1-3H3/t12-,22-/m0/s1. The smallest absolute Gasteiger partial charge is 0.207 e. The molecule has 2 atom stereocenters. The number of hydrogen-bond acceptors (Lipinski definition) is 9. The second kappa shape index (κ2) is 8.07. The second-order valence-corrected chi connectivity index (χ2v) is 8.66. The number of phenols is 2. The fourth-order valence-corrected chi connectivity index (χ4v) is 5.91. The molecule has 0 amide bonds. The van der Waals surface area contributed by atoms with Crippen LogP contribution in [0.1, 0.15) is 55.5 Å². The first kappa shape index (κ1) is 23.7. The third-order valence-electron chi connectivity index (χ3n) is 6.64. The first-order valence-electron chi connectivity index (χ1n) is 10.0. The van der Waals surface area contributed by atoms with Gasteiger partial charge in [0.05, 0.1) is 35.2 Å². The van der Waals surface area contributed by atoms with Gasteiger partial charge in [-0.3, -0.25) is 9.59 Å². The highest BCUT2D eigenvalue weighted by Gasteiger charge is 2.56. The lowest BCUT2D eigenvalue weighted by molar-refractivity contribution is -0.296. The summed E-state index contributed by atoms with van der Waals surface area (Å²) in [5, 5.41) is 44.6. The Morgan fingerprint density at radius 3 is 2.27 bits per heavy atom. The Bertz CT molecular complexity index is 1160. The van der Waals surface area contributed by atoms with Crippen LogP contribution in [0.2, 0.25) is 0 Å². The monoisotopic (exact) mass is 522 g/mol. The third kappa shape index (κ3) is 3.05.